The van der Waals surface area contributed by atoms with Gasteiger partial charge in [-0.3, -0.25) is 9.59 Å². The van der Waals surface area contributed by atoms with Crippen molar-refractivity contribution in [2.75, 3.05) is 32.0 Å². The van der Waals surface area contributed by atoms with Gasteiger partial charge in [0, 0.05) is 18.2 Å². The molecule has 2 aromatic rings. The van der Waals surface area contributed by atoms with E-state index in [9.17, 15) is 14.0 Å². The van der Waals surface area contributed by atoms with Crippen LogP contribution in [-0.2, 0) is 9.59 Å². The highest BCUT2D eigenvalue weighted by Crippen LogP contribution is 2.17. The Morgan fingerprint density at radius 1 is 1.00 bits per heavy atom. The fraction of sp³-hybridized carbons (Fsp3) is 0.333. The number of rotatable bonds is 9. The van der Waals surface area contributed by atoms with Crippen LogP contribution >= 0.6 is 0 Å². The second kappa shape index (κ2) is 10.4. The van der Waals surface area contributed by atoms with Crippen LogP contribution < -0.4 is 15.5 Å². The first-order valence-electron chi connectivity index (χ1n) is 9.16. The number of hydrogen-bond donors (Lipinski definition) is 3. The largest absolute Gasteiger partial charge is 0.351 e. The number of benzene rings is 2. The normalized spacial score (nSPS) is 12.9. The molecule has 2 aromatic carbocycles. The molecule has 2 rings (SSSR count). The molecule has 0 saturated heterocycles. The molecule has 0 radical (unpaired) electrons. The van der Waals surface area contributed by atoms with Gasteiger partial charge < -0.3 is 15.5 Å². The molecule has 6 heteroatoms. The molecule has 0 spiro atoms. The van der Waals surface area contributed by atoms with E-state index >= 15 is 0 Å². The number of nitrogens with one attached hydrogen (secondary N) is 3. The van der Waals surface area contributed by atoms with Crippen LogP contribution in [0.3, 0.4) is 0 Å². The average Bonchev–Trinajstić information content (AvgIpc) is 2.64. The Kier molecular flexibility index (Phi) is 7.95. The number of hydrogen-bond acceptors (Lipinski definition) is 2. The molecule has 2 amide bonds. The van der Waals surface area contributed by atoms with Gasteiger partial charge >= 0.3 is 0 Å². The van der Waals surface area contributed by atoms with Crippen LogP contribution in [0.15, 0.2) is 54.6 Å². The number of halogens is 1. The highest BCUT2D eigenvalue weighted by atomic mass is 19.1. The molecular formula is C21H27FN3O2+. The first kappa shape index (κ1) is 20.6. The van der Waals surface area contributed by atoms with Crippen molar-refractivity contribution in [3.05, 3.63) is 66.0 Å². The lowest BCUT2D eigenvalue weighted by Crippen LogP contribution is -3.11. The minimum absolute atomic E-state index is 0.0866. The maximum Gasteiger partial charge on any atom is 0.279 e. The van der Waals surface area contributed by atoms with Crippen LogP contribution in [0.4, 0.5) is 10.1 Å². The molecule has 0 bridgehead atoms. The molecule has 144 valence electrons. The van der Waals surface area contributed by atoms with Crippen LogP contribution in [0, 0.1) is 5.82 Å². The number of anilines is 1. The first-order chi connectivity index (χ1) is 13.0. The Labute approximate surface area is 159 Å². The molecule has 0 saturated carbocycles. The van der Waals surface area contributed by atoms with Gasteiger partial charge in [0.2, 0.25) is 0 Å². The van der Waals surface area contributed by atoms with Gasteiger partial charge in [0.1, 0.15) is 5.82 Å². The number of likely N-dealkylation sites (N-methyl/N-ethyl adjacent to an activating group) is 1. The van der Waals surface area contributed by atoms with E-state index in [-0.39, 0.29) is 36.6 Å². The molecule has 27 heavy (non-hydrogen) atoms. The smallest absolute Gasteiger partial charge is 0.279 e. The summed E-state index contributed by atoms with van der Waals surface area (Å²) in [6.07, 6.45) is 0.938. The van der Waals surface area contributed by atoms with Gasteiger partial charge in [0.25, 0.3) is 11.8 Å². The number of amides is 2. The average molecular weight is 372 g/mol. The summed E-state index contributed by atoms with van der Waals surface area (Å²) < 4.78 is 12.9. The van der Waals surface area contributed by atoms with E-state index in [1.54, 1.807) is 7.05 Å². The quantitative estimate of drug-likeness (QED) is 0.626. The molecule has 2 atom stereocenters. The van der Waals surface area contributed by atoms with E-state index in [1.165, 1.54) is 29.8 Å². The zero-order chi connectivity index (χ0) is 19.6. The van der Waals surface area contributed by atoms with E-state index < -0.39 is 0 Å². The highest BCUT2D eigenvalue weighted by molar-refractivity contribution is 5.91. The molecule has 0 fully saturated rings. The van der Waals surface area contributed by atoms with Crippen molar-refractivity contribution in [3.8, 4) is 0 Å². The van der Waals surface area contributed by atoms with Crippen molar-refractivity contribution in [2.24, 2.45) is 0 Å². The summed E-state index contributed by atoms with van der Waals surface area (Å²) in [6, 6.07) is 15.7. The summed E-state index contributed by atoms with van der Waals surface area (Å²) in [7, 11) is 1.79. The topological polar surface area (TPSA) is 62.6 Å². The second-order valence-corrected chi connectivity index (χ2v) is 6.69. The molecule has 3 N–H and O–H groups in total. The monoisotopic (exact) mass is 372 g/mol. The van der Waals surface area contributed by atoms with Gasteiger partial charge in [-0.1, -0.05) is 37.3 Å². The lowest BCUT2D eigenvalue weighted by atomic mass is 9.96. The molecule has 0 aliphatic carbocycles. The van der Waals surface area contributed by atoms with Crippen LogP contribution in [0.25, 0.3) is 0 Å². The zero-order valence-electron chi connectivity index (χ0n) is 15.8. The van der Waals surface area contributed by atoms with Crippen LogP contribution in [-0.4, -0.2) is 38.5 Å². The minimum Gasteiger partial charge on any atom is -0.351 e. The van der Waals surface area contributed by atoms with E-state index in [4.69, 9.17) is 0 Å². The van der Waals surface area contributed by atoms with E-state index in [2.05, 4.69) is 29.7 Å². The van der Waals surface area contributed by atoms with Crippen LogP contribution in [0.2, 0.25) is 0 Å². The molecule has 0 heterocycles. The van der Waals surface area contributed by atoms with Gasteiger partial charge in [-0.15, -0.1) is 0 Å². The molecule has 0 aliphatic heterocycles. The third kappa shape index (κ3) is 7.19. The van der Waals surface area contributed by atoms with Gasteiger partial charge in [-0.25, -0.2) is 4.39 Å². The Morgan fingerprint density at radius 2 is 1.63 bits per heavy atom. The van der Waals surface area contributed by atoms with Crippen molar-refractivity contribution >= 4 is 17.5 Å². The van der Waals surface area contributed by atoms with Gasteiger partial charge in [-0.2, -0.15) is 0 Å². The SMILES string of the molecule is CC[C@@H](CNC(=O)C[NH+](C)CC(=O)Nc1ccc(F)cc1)c1ccccc1. The van der Waals surface area contributed by atoms with Crippen molar-refractivity contribution in [1.29, 1.82) is 0 Å². The van der Waals surface area contributed by atoms with Crippen molar-refractivity contribution in [1.82, 2.24) is 5.32 Å². The zero-order valence-corrected chi connectivity index (χ0v) is 15.8. The van der Waals surface area contributed by atoms with Gasteiger partial charge in [0.15, 0.2) is 13.1 Å². The Hall–Kier alpha value is -2.73. The third-order valence-electron chi connectivity index (χ3n) is 4.36. The van der Waals surface area contributed by atoms with Crippen LogP contribution in [0.1, 0.15) is 24.8 Å². The van der Waals surface area contributed by atoms with Gasteiger partial charge in [-0.05, 0) is 36.2 Å². The molecular weight excluding hydrogens is 345 g/mol. The fourth-order valence-corrected chi connectivity index (χ4v) is 2.87. The Bertz CT molecular complexity index is 735. The van der Waals surface area contributed by atoms with E-state index in [0.717, 1.165) is 11.3 Å². The molecule has 0 aliphatic rings. The standard InChI is InChI=1S/C21H26FN3O2/c1-3-16(17-7-5-4-6-8-17)13-23-20(26)14-25(2)15-21(27)24-19-11-9-18(22)10-12-19/h4-12,16H,3,13-15H2,1-2H3,(H,23,26)(H,24,27)/p+1/t16-/m0/s1. The summed E-state index contributed by atoms with van der Waals surface area (Å²) in [6.45, 7) is 3.04. The third-order valence-corrected chi connectivity index (χ3v) is 4.36. The number of carbonyl (C=O) groups excluding carboxylic acids is 2. The molecule has 5 nitrogen and oxygen atoms in total. The lowest BCUT2D eigenvalue weighted by Gasteiger charge is -2.18. The Morgan fingerprint density at radius 3 is 2.26 bits per heavy atom. The minimum atomic E-state index is -0.353. The lowest BCUT2D eigenvalue weighted by molar-refractivity contribution is -0.862. The van der Waals surface area contributed by atoms with Gasteiger partial charge in [0.05, 0.1) is 7.05 Å². The van der Waals surface area contributed by atoms with Crippen molar-refractivity contribution in [2.45, 2.75) is 19.3 Å². The number of carbonyl (C=O) groups is 2. The number of quaternary nitrogens is 1. The predicted octanol–water partition coefficient (Wildman–Crippen LogP) is 1.59. The fourth-order valence-electron chi connectivity index (χ4n) is 2.87. The first-order valence-corrected chi connectivity index (χ1v) is 9.16. The highest BCUT2D eigenvalue weighted by Gasteiger charge is 2.16. The maximum absolute atomic E-state index is 12.9. The summed E-state index contributed by atoms with van der Waals surface area (Å²) >= 11 is 0. The van der Waals surface area contributed by atoms with Crippen molar-refractivity contribution < 1.29 is 18.9 Å². The summed E-state index contributed by atoms with van der Waals surface area (Å²) in [5, 5.41) is 5.66. The second-order valence-electron chi connectivity index (χ2n) is 6.69. The van der Waals surface area contributed by atoms with Crippen LogP contribution in [0.5, 0.6) is 0 Å². The summed E-state index contributed by atoms with van der Waals surface area (Å²) in [5.41, 5.74) is 1.74. The molecule has 0 aromatic heterocycles. The van der Waals surface area contributed by atoms with E-state index in [1.807, 2.05) is 18.2 Å². The molecule has 1 unspecified atom stereocenters. The summed E-state index contributed by atoms with van der Waals surface area (Å²) in [5.74, 6) is -0.385. The van der Waals surface area contributed by atoms with Crippen molar-refractivity contribution in [3.63, 3.8) is 0 Å². The maximum atomic E-state index is 12.9. The predicted molar refractivity (Wildman–Crippen MR) is 104 cm³/mol. The van der Waals surface area contributed by atoms with E-state index in [0.29, 0.717) is 12.2 Å². The Balaban J connectivity index is 1.74. The summed E-state index contributed by atoms with van der Waals surface area (Å²) in [4.78, 5) is 25.0.